The number of nitrogens with zero attached hydrogens (tertiary/aromatic N) is 3. The Morgan fingerprint density at radius 3 is 2.41 bits per heavy atom. The van der Waals surface area contributed by atoms with Gasteiger partial charge >= 0.3 is 0 Å². The maximum Gasteiger partial charge on any atom is 0.234 e. The van der Waals surface area contributed by atoms with Gasteiger partial charge in [0.2, 0.25) is 5.91 Å². The van der Waals surface area contributed by atoms with Crippen molar-refractivity contribution in [1.29, 1.82) is 0 Å². The number of carbonyl (C=O) groups excluding carboxylic acids is 1. The second-order valence-electron chi connectivity index (χ2n) is 7.81. The normalized spacial score (nSPS) is 15.6. The summed E-state index contributed by atoms with van der Waals surface area (Å²) in [5, 5.41) is 4.35. The molecule has 0 saturated carbocycles. The van der Waals surface area contributed by atoms with Crippen LogP contribution in [-0.2, 0) is 17.9 Å². The van der Waals surface area contributed by atoms with Crippen LogP contribution in [0.15, 0.2) is 66.9 Å². The quantitative estimate of drug-likeness (QED) is 0.601. The van der Waals surface area contributed by atoms with Crippen molar-refractivity contribution in [2.45, 2.75) is 19.5 Å². The molecule has 1 N–H and O–H groups in total. The maximum absolute atomic E-state index is 12.3. The monoisotopic (exact) mass is 390 g/mol. The molecule has 0 bridgehead atoms. The number of hydrogen-bond donors (Lipinski definition) is 1. The number of benzene rings is 2. The highest BCUT2D eigenvalue weighted by Gasteiger charge is 2.18. The Labute approximate surface area is 172 Å². The third-order valence-corrected chi connectivity index (χ3v) is 5.66. The van der Waals surface area contributed by atoms with Gasteiger partial charge in [-0.3, -0.25) is 14.6 Å². The van der Waals surface area contributed by atoms with Crippen molar-refractivity contribution < 1.29 is 4.79 Å². The Kier molecular flexibility index (Phi) is 6.60. The van der Waals surface area contributed by atoms with E-state index < -0.39 is 0 Å². The molecule has 152 valence electrons. The average molecular weight is 391 g/mol. The molecule has 0 unspecified atom stereocenters. The van der Waals surface area contributed by atoms with Gasteiger partial charge in [0.1, 0.15) is 0 Å². The lowest BCUT2D eigenvalue weighted by Gasteiger charge is -2.34. The predicted molar refractivity (Wildman–Crippen MR) is 118 cm³/mol. The first-order valence-electron chi connectivity index (χ1n) is 10.6. The number of piperazine rings is 1. The van der Waals surface area contributed by atoms with Crippen LogP contribution in [-0.4, -0.2) is 59.5 Å². The van der Waals surface area contributed by atoms with E-state index in [1.54, 1.807) is 0 Å². The van der Waals surface area contributed by atoms with E-state index in [9.17, 15) is 4.79 Å². The molecule has 1 aromatic heterocycles. The van der Waals surface area contributed by atoms with Gasteiger partial charge in [0.25, 0.3) is 0 Å². The predicted octanol–water partition coefficient (Wildman–Crippen LogP) is 2.97. The molecule has 0 radical (unpaired) electrons. The summed E-state index contributed by atoms with van der Waals surface area (Å²) in [6.45, 7) is 7.09. The molecule has 5 nitrogen and oxygen atoms in total. The first-order chi connectivity index (χ1) is 14.3. The van der Waals surface area contributed by atoms with Gasteiger partial charge in [0.15, 0.2) is 0 Å². The fraction of sp³-hybridized carbons (Fsp3) is 0.375. The Morgan fingerprint density at radius 2 is 1.59 bits per heavy atom. The molecule has 1 aliphatic heterocycles. The summed E-state index contributed by atoms with van der Waals surface area (Å²) >= 11 is 0. The van der Waals surface area contributed by atoms with Crippen molar-refractivity contribution in [2.24, 2.45) is 0 Å². The molecule has 5 heteroatoms. The molecule has 0 atom stereocenters. The molecule has 2 aromatic carbocycles. The van der Waals surface area contributed by atoms with E-state index in [-0.39, 0.29) is 5.91 Å². The van der Waals surface area contributed by atoms with Gasteiger partial charge in [-0.05, 0) is 29.5 Å². The number of amides is 1. The Balaban J connectivity index is 1.13. The smallest absolute Gasteiger partial charge is 0.234 e. The molecule has 3 aromatic rings. The van der Waals surface area contributed by atoms with E-state index >= 15 is 0 Å². The lowest BCUT2D eigenvalue weighted by Crippen LogP contribution is -2.49. The highest BCUT2D eigenvalue weighted by Crippen LogP contribution is 2.15. The lowest BCUT2D eigenvalue weighted by atomic mass is 10.2. The molecule has 1 aliphatic rings. The van der Waals surface area contributed by atoms with Crippen molar-refractivity contribution in [3.05, 3.63) is 72.4 Å². The zero-order chi connectivity index (χ0) is 19.9. The molecule has 2 heterocycles. The summed E-state index contributed by atoms with van der Waals surface area (Å²) in [5.41, 5.74) is 2.61. The van der Waals surface area contributed by atoms with E-state index in [0.29, 0.717) is 6.54 Å². The summed E-state index contributed by atoms with van der Waals surface area (Å²) in [4.78, 5) is 17.0. The number of para-hydroxylation sites is 1. The number of aromatic nitrogens is 1. The highest BCUT2D eigenvalue weighted by molar-refractivity contribution is 5.80. The van der Waals surface area contributed by atoms with Gasteiger partial charge in [-0.2, -0.15) is 0 Å². The zero-order valence-corrected chi connectivity index (χ0v) is 17.0. The topological polar surface area (TPSA) is 40.5 Å². The van der Waals surface area contributed by atoms with Crippen molar-refractivity contribution in [3.63, 3.8) is 0 Å². The number of aryl methyl sites for hydroxylation is 1. The van der Waals surface area contributed by atoms with Gasteiger partial charge in [-0.1, -0.05) is 48.5 Å². The molecule has 4 rings (SSSR count). The molecule has 1 saturated heterocycles. The van der Waals surface area contributed by atoms with Crippen LogP contribution in [0.5, 0.6) is 0 Å². The van der Waals surface area contributed by atoms with Gasteiger partial charge in [-0.15, -0.1) is 0 Å². The van der Waals surface area contributed by atoms with E-state index in [2.05, 4.69) is 86.5 Å². The van der Waals surface area contributed by atoms with E-state index in [1.165, 1.54) is 16.5 Å². The number of hydrogen-bond acceptors (Lipinski definition) is 3. The summed E-state index contributed by atoms with van der Waals surface area (Å²) in [5.74, 6) is 0.138. The second kappa shape index (κ2) is 9.72. The van der Waals surface area contributed by atoms with Gasteiger partial charge in [0.05, 0.1) is 6.54 Å². The molecule has 29 heavy (non-hydrogen) atoms. The third-order valence-electron chi connectivity index (χ3n) is 5.66. The third kappa shape index (κ3) is 5.46. The van der Waals surface area contributed by atoms with Crippen molar-refractivity contribution in [2.75, 3.05) is 39.3 Å². The molecule has 0 spiro atoms. The number of carbonyl (C=O) groups is 1. The molecular formula is C24H30N4O. The zero-order valence-electron chi connectivity index (χ0n) is 17.0. The molecule has 0 aliphatic carbocycles. The lowest BCUT2D eigenvalue weighted by molar-refractivity contribution is -0.122. The Morgan fingerprint density at radius 1 is 0.862 bits per heavy atom. The van der Waals surface area contributed by atoms with Crippen molar-refractivity contribution in [1.82, 2.24) is 19.7 Å². The fourth-order valence-corrected chi connectivity index (χ4v) is 4.02. The summed E-state index contributed by atoms with van der Waals surface area (Å²) in [6, 6.07) is 21.1. The summed E-state index contributed by atoms with van der Waals surface area (Å²) in [6.07, 6.45) is 3.07. The first kappa shape index (κ1) is 19.7. The number of nitrogens with one attached hydrogen (secondary N) is 1. The van der Waals surface area contributed by atoms with Crippen LogP contribution in [0, 0.1) is 0 Å². The van der Waals surface area contributed by atoms with E-state index in [0.717, 1.165) is 52.2 Å². The van der Waals surface area contributed by atoms with Gasteiger partial charge < -0.3 is 9.88 Å². The molecule has 1 amide bonds. The highest BCUT2D eigenvalue weighted by atomic mass is 16.2. The van der Waals surface area contributed by atoms with Crippen LogP contribution < -0.4 is 5.32 Å². The van der Waals surface area contributed by atoms with Gasteiger partial charge in [-0.25, -0.2) is 0 Å². The molecule has 1 fully saturated rings. The summed E-state index contributed by atoms with van der Waals surface area (Å²) in [7, 11) is 0. The van der Waals surface area contributed by atoms with Crippen LogP contribution in [0.25, 0.3) is 10.9 Å². The molecular weight excluding hydrogens is 360 g/mol. The minimum atomic E-state index is 0.138. The van der Waals surface area contributed by atoms with E-state index in [4.69, 9.17) is 0 Å². The van der Waals surface area contributed by atoms with Crippen molar-refractivity contribution in [3.8, 4) is 0 Å². The minimum absolute atomic E-state index is 0.138. The average Bonchev–Trinajstić information content (AvgIpc) is 3.17. The minimum Gasteiger partial charge on any atom is -0.355 e. The maximum atomic E-state index is 12.3. The van der Waals surface area contributed by atoms with Crippen LogP contribution in [0.2, 0.25) is 0 Å². The first-order valence-corrected chi connectivity index (χ1v) is 10.6. The number of fused-ring (bicyclic) bond motifs is 1. The van der Waals surface area contributed by atoms with E-state index in [1.807, 2.05) is 0 Å². The van der Waals surface area contributed by atoms with Gasteiger partial charge in [0, 0.05) is 57.5 Å². The largest absolute Gasteiger partial charge is 0.355 e. The Hall–Kier alpha value is -2.63. The van der Waals surface area contributed by atoms with Crippen LogP contribution in [0.3, 0.4) is 0 Å². The summed E-state index contributed by atoms with van der Waals surface area (Å²) < 4.78 is 2.26. The Bertz CT molecular complexity index is 913. The van der Waals surface area contributed by atoms with Crippen LogP contribution >= 0.6 is 0 Å². The fourth-order valence-electron chi connectivity index (χ4n) is 4.02. The number of rotatable bonds is 8. The second-order valence-corrected chi connectivity index (χ2v) is 7.81. The van der Waals surface area contributed by atoms with Crippen LogP contribution in [0.4, 0.5) is 0 Å². The van der Waals surface area contributed by atoms with Crippen LogP contribution in [0.1, 0.15) is 12.0 Å². The standard InChI is InChI=1S/C24H30N4O/c29-24(25-12-6-13-28-14-11-22-9-4-5-10-23(22)28)20-27-17-15-26(16-18-27)19-21-7-2-1-3-8-21/h1-5,7-11,14H,6,12-13,15-20H2,(H,25,29). The van der Waals surface area contributed by atoms with Crippen molar-refractivity contribution >= 4 is 16.8 Å². The SMILES string of the molecule is O=C(CN1CCN(Cc2ccccc2)CC1)NCCCn1ccc2ccccc21.